The number of hydrogen-bond donors (Lipinski definition) is 2. The first-order valence-electron chi connectivity index (χ1n) is 10.6. The van der Waals surface area contributed by atoms with Crippen LogP contribution in [-0.4, -0.2) is 24.5 Å². The summed E-state index contributed by atoms with van der Waals surface area (Å²) in [4.78, 5) is 24.8. The van der Waals surface area contributed by atoms with Crippen LogP contribution in [0.4, 0.5) is 24.5 Å². The lowest BCUT2D eigenvalue weighted by atomic mass is 10.1. The maximum Gasteiger partial charge on any atom is 0.418 e. The number of rotatable bonds is 6. The van der Waals surface area contributed by atoms with E-state index < -0.39 is 35.3 Å². The summed E-state index contributed by atoms with van der Waals surface area (Å²) in [5.74, 6) is -0.126. The summed E-state index contributed by atoms with van der Waals surface area (Å²) in [6.45, 7) is 0.441. The summed E-state index contributed by atoms with van der Waals surface area (Å²) < 4.78 is 51.9. The van der Waals surface area contributed by atoms with Crippen molar-refractivity contribution in [1.29, 1.82) is 0 Å². The number of alkyl halides is 3. The minimum atomic E-state index is -4.75. The highest BCUT2D eigenvalue weighted by Gasteiger charge is 2.35. The molecule has 4 rings (SSSR count). The van der Waals surface area contributed by atoms with E-state index in [1.54, 1.807) is 24.3 Å². The number of anilines is 2. The fourth-order valence-corrected chi connectivity index (χ4v) is 3.47. The quantitative estimate of drug-likeness (QED) is 0.473. The molecule has 1 unspecified atom stereocenters. The Bertz CT molecular complexity index is 1160. The van der Waals surface area contributed by atoms with E-state index in [9.17, 15) is 22.8 Å². The topological polar surface area (TPSA) is 76.7 Å². The predicted molar refractivity (Wildman–Crippen MR) is 120 cm³/mol. The molecule has 0 aromatic heterocycles. The lowest BCUT2D eigenvalue weighted by molar-refractivity contribution is -0.137. The van der Waals surface area contributed by atoms with Crippen molar-refractivity contribution in [3.63, 3.8) is 0 Å². The number of carbonyl (C=O) groups is 2. The van der Waals surface area contributed by atoms with Crippen molar-refractivity contribution in [2.45, 2.75) is 25.1 Å². The molecule has 0 spiro atoms. The Kier molecular flexibility index (Phi) is 6.83. The summed E-state index contributed by atoms with van der Waals surface area (Å²) >= 11 is 0. The molecule has 1 aliphatic heterocycles. The molecule has 1 heterocycles. The average Bonchev–Trinajstić information content (AvgIpc) is 3.36. The molecule has 0 aliphatic carbocycles. The zero-order valence-corrected chi connectivity index (χ0v) is 17.9. The minimum Gasteiger partial charge on any atom is -0.457 e. The molecular weight excluding hydrogens is 449 g/mol. The number of halogens is 3. The zero-order valence-electron chi connectivity index (χ0n) is 17.9. The monoisotopic (exact) mass is 470 g/mol. The van der Waals surface area contributed by atoms with Crippen LogP contribution in [0.3, 0.4) is 0 Å². The van der Waals surface area contributed by atoms with Gasteiger partial charge in [0.2, 0.25) is 0 Å². The third-order valence-electron chi connectivity index (χ3n) is 5.16. The van der Waals surface area contributed by atoms with Crippen molar-refractivity contribution in [2.75, 3.05) is 17.2 Å². The van der Waals surface area contributed by atoms with Crippen molar-refractivity contribution in [3.05, 3.63) is 83.9 Å². The smallest absolute Gasteiger partial charge is 0.418 e. The minimum absolute atomic E-state index is 0.0340. The van der Waals surface area contributed by atoms with Gasteiger partial charge in [-0.1, -0.05) is 18.2 Å². The molecule has 0 bridgehead atoms. The molecule has 3 aromatic rings. The van der Waals surface area contributed by atoms with E-state index >= 15 is 0 Å². The fourth-order valence-electron chi connectivity index (χ4n) is 3.47. The lowest BCUT2D eigenvalue weighted by Crippen LogP contribution is -2.27. The number of amides is 2. The van der Waals surface area contributed by atoms with Gasteiger partial charge in [0.1, 0.15) is 17.6 Å². The van der Waals surface area contributed by atoms with Crippen LogP contribution in [0.5, 0.6) is 11.5 Å². The Labute approximate surface area is 193 Å². The van der Waals surface area contributed by atoms with Gasteiger partial charge in [-0.25, -0.2) is 0 Å². The Morgan fingerprint density at radius 3 is 2.26 bits per heavy atom. The van der Waals surface area contributed by atoms with Gasteiger partial charge in [-0.2, -0.15) is 13.2 Å². The average molecular weight is 470 g/mol. The van der Waals surface area contributed by atoms with E-state index in [0.717, 1.165) is 18.6 Å². The molecular formula is C25H21F3N2O4. The summed E-state index contributed by atoms with van der Waals surface area (Å²) in [7, 11) is 0. The molecule has 2 amide bonds. The van der Waals surface area contributed by atoms with Crippen molar-refractivity contribution in [2.24, 2.45) is 0 Å². The fraction of sp³-hybridized carbons (Fsp3) is 0.200. The zero-order chi connectivity index (χ0) is 24.1. The standard InChI is InChI=1S/C25H21F3N2O4/c26-25(27,28)20-15-17(29-24(32)22-7-4-14-33-22)10-13-21(20)30-23(31)16-8-11-19(12-9-16)34-18-5-2-1-3-6-18/h1-3,5-6,8-13,15,22H,4,7,14H2,(H,29,32)(H,30,31). The molecule has 6 nitrogen and oxygen atoms in total. The summed E-state index contributed by atoms with van der Waals surface area (Å²) in [6.07, 6.45) is -4.19. The number of ether oxygens (including phenoxy) is 2. The van der Waals surface area contributed by atoms with Crippen LogP contribution in [-0.2, 0) is 15.7 Å². The molecule has 1 aliphatic rings. The maximum absolute atomic E-state index is 13.7. The van der Waals surface area contributed by atoms with Crippen LogP contribution in [0.25, 0.3) is 0 Å². The second-order valence-corrected chi connectivity index (χ2v) is 7.64. The Balaban J connectivity index is 1.47. The highest BCUT2D eigenvalue weighted by molar-refractivity contribution is 6.05. The van der Waals surface area contributed by atoms with Gasteiger partial charge in [0.15, 0.2) is 0 Å². The van der Waals surface area contributed by atoms with Crippen LogP contribution >= 0.6 is 0 Å². The second-order valence-electron chi connectivity index (χ2n) is 7.64. The first kappa shape index (κ1) is 23.3. The summed E-state index contributed by atoms with van der Waals surface area (Å²) in [5.41, 5.74) is -1.37. The third-order valence-corrected chi connectivity index (χ3v) is 5.16. The number of carbonyl (C=O) groups excluding carboxylic acids is 2. The molecule has 3 aromatic carbocycles. The molecule has 176 valence electrons. The Hall–Kier alpha value is -3.85. The molecule has 0 saturated carbocycles. The first-order valence-corrected chi connectivity index (χ1v) is 10.6. The molecule has 1 atom stereocenters. The highest BCUT2D eigenvalue weighted by atomic mass is 19.4. The van der Waals surface area contributed by atoms with Crippen LogP contribution < -0.4 is 15.4 Å². The second kappa shape index (κ2) is 9.96. The van der Waals surface area contributed by atoms with Gasteiger partial charge >= 0.3 is 6.18 Å². The van der Waals surface area contributed by atoms with E-state index in [1.807, 2.05) is 18.2 Å². The predicted octanol–water partition coefficient (Wildman–Crippen LogP) is 5.87. The molecule has 1 saturated heterocycles. The van der Waals surface area contributed by atoms with Gasteiger partial charge in [0.05, 0.1) is 11.3 Å². The summed E-state index contributed by atoms with van der Waals surface area (Å²) in [5, 5.41) is 4.75. The van der Waals surface area contributed by atoms with Crippen molar-refractivity contribution in [1.82, 2.24) is 0 Å². The van der Waals surface area contributed by atoms with Crippen molar-refractivity contribution >= 4 is 23.2 Å². The van der Waals surface area contributed by atoms with E-state index in [-0.39, 0.29) is 11.3 Å². The van der Waals surface area contributed by atoms with E-state index in [1.165, 1.54) is 18.2 Å². The van der Waals surface area contributed by atoms with Gasteiger partial charge in [-0.05, 0) is 67.4 Å². The third kappa shape index (κ3) is 5.74. The molecule has 1 fully saturated rings. The number of hydrogen-bond acceptors (Lipinski definition) is 4. The largest absolute Gasteiger partial charge is 0.457 e. The SMILES string of the molecule is O=C(Nc1ccc(NC(=O)C2CCCO2)cc1C(F)(F)F)c1ccc(Oc2ccccc2)cc1. The van der Waals surface area contributed by atoms with Crippen LogP contribution in [0.2, 0.25) is 0 Å². The van der Waals surface area contributed by atoms with E-state index in [4.69, 9.17) is 9.47 Å². The molecule has 34 heavy (non-hydrogen) atoms. The number of benzene rings is 3. The van der Waals surface area contributed by atoms with Gasteiger partial charge in [0, 0.05) is 17.9 Å². The lowest BCUT2D eigenvalue weighted by Gasteiger charge is -2.17. The number of nitrogens with one attached hydrogen (secondary N) is 2. The van der Waals surface area contributed by atoms with Crippen molar-refractivity contribution < 1.29 is 32.2 Å². The van der Waals surface area contributed by atoms with Gasteiger partial charge < -0.3 is 20.1 Å². The molecule has 0 radical (unpaired) electrons. The highest BCUT2D eigenvalue weighted by Crippen LogP contribution is 2.37. The van der Waals surface area contributed by atoms with Gasteiger partial charge in [-0.15, -0.1) is 0 Å². The Morgan fingerprint density at radius 2 is 1.62 bits per heavy atom. The molecule has 2 N–H and O–H groups in total. The van der Waals surface area contributed by atoms with Gasteiger partial charge in [0.25, 0.3) is 11.8 Å². The van der Waals surface area contributed by atoms with Crippen LogP contribution in [0.1, 0.15) is 28.8 Å². The first-order chi connectivity index (χ1) is 16.3. The Morgan fingerprint density at radius 1 is 0.912 bits per heavy atom. The van der Waals surface area contributed by atoms with E-state index in [0.29, 0.717) is 24.5 Å². The van der Waals surface area contributed by atoms with Crippen LogP contribution in [0, 0.1) is 0 Å². The maximum atomic E-state index is 13.7. The van der Waals surface area contributed by atoms with E-state index in [2.05, 4.69) is 10.6 Å². The van der Waals surface area contributed by atoms with Crippen molar-refractivity contribution in [3.8, 4) is 11.5 Å². The molecule has 9 heteroatoms. The summed E-state index contributed by atoms with van der Waals surface area (Å²) in [6, 6.07) is 18.2. The van der Waals surface area contributed by atoms with Gasteiger partial charge in [-0.3, -0.25) is 9.59 Å². The van der Waals surface area contributed by atoms with Crippen LogP contribution in [0.15, 0.2) is 72.8 Å². The number of para-hydroxylation sites is 1. The normalized spacial score (nSPS) is 15.6.